The maximum absolute atomic E-state index is 12.5. The van der Waals surface area contributed by atoms with Crippen LogP contribution in [0.3, 0.4) is 0 Å². The van der Waals surface area contributed by atoms with Crippen molar-refractivity contribution in [2.45, 2.75) is 11.8 Å². The van der Waals surface area contributed by atoms with Gasteiger partial charge < -0.3 is 14.8 Å². The van der Waals surface area contributed by atoms with Crippen LogP contribution in [0.2, 0.25) is 5.02 Å². The van der Waals surface area contributed by atoms with E-state index in [0.29, 0.717) is 17.2 Å². The van der Waals surface area contributed by atoms with Gasteiger partial charge in [-0.3, -0.25) is 9.52 Å². The van der Waals surface area contributed by atoms with Crippen molar-refractivity contribution in [3.63, 3.8) is 0 Å². The fourth-order valence-corrected chi connectivity index (χ4v) is 4.20. The van der Waals surface area contributed by atoms with Gasteiger partial charge in [0.2, 0.25) is 6.79 Å². The molecule has 2 N–H and O–H groups in total. The molecule has 3 aromatic carbocycles. The molecule has 0 radical (unpaired) electrons. The zero-order valence-electron chi connectivity index (χ0n) is 15.8. The number of halogens is 1. The third-order valence-electron chi connectivity index (χ3n) is 4.44. The number of hydrogen-bond acceptors (Lipinski definition) is 5. The molecule has 9 heteroatoms. The lowest BCUT2D eigenvalue weighted by Gasteiger charge is -2.11. The molecule has 0 saturated heterocycles. The Labute approximate surface area is 178 Å². The Balaban J connectivity index is 1.50. The maximum atomic E-state index is 12.5. The number of benzene rings is 3. The van der Waals surface area contributed by atoms with E-state index in [9.17, 15) is 13.2 Å². The Hall–Kier alpha value is -3.23. The smallest absolute Gasteiger partial charge is 0.261 e. The van der Waals surface area contributed by atoms with Gasteiger partial charge in [-0.15, -0.1) is 0 Å². The van der Waals surface area contributed by atoms with Crippen molar-refractivity contribution in [1.82, 2.24) is 0 Å². The van der Waals surface area contributed by atoms with E-state index >= 15 is 0 Å². The van der Waals surface area contributed by atoms with Crippen LogP contribution in [-0.2, 0) is 10.0 Å². The van der Waals surface area contributed by atoms with E-state index in [2.05, 4.69) is 10.0 Å². The number of nitrogens with one attached hydrogen (secondary N) is 2. The standard InChI is InChI=1S/C21H17ClN2O5S/c1-13-2-6-16(7-3-13)30(26,27)24-18-8-4-14(10-17(18)22)21(25)23-15-5-9-19-20(11-15)29-12-28-19/h2-11,24H,12H2,1H3,(H,23,25). The van der Waals surface area contributed by atoms with Gasteiger partial charge in [0.15, 0.2) is 11.5 Å². The Bertz CT molecular complexity index is 1230. The van der Waals surface area contributed by atoms with Crippen molar-refractivity contribution in [3.05, 3.63) is 76.8 Å². The minimum absolute atomic E-state index is 0.101. The van der Waals surface area contributed by atoms with Gasteiger partial charge in [-0.1, -0.05) is 29.3 Å². The summed E-state index contributed by atoms with van der Waals surface area (Å²) in [6.45, 7) is 2.01. The number of hydrogen-bond donors (Lipinski definition) is 2. The highest BCUT2D eigenvalue weighted by molar-refractivity contribution is 7.92. The highest BCUT2D eigenvalue weighted by Crippen LogP contribution is 2.34. The zero-order chi connectivity index (χ0) is 21.3. The van der Waals surface area contributed by atoms with Crippen molar-refractivity contribution in [2.24, 2.45) is 0 Å². The molecule has 7 nitrogen and oxygen atoms in total. The van der Waals surface area contributed by atoms with Crippen LogP contribution in [0.4, 0.5) is 11.4 Å². The van der Waals surface area contributed by atoms with Crippen LogP contribution in [0.25, 0.3) is 0 Å². The molecule has 0 atom stereocenters. The van der Waals surface area contributed by atoms with E-state index in [-0.39, 0.29) is 28.0 Å². The predicted octanol–water partition coefficient (Wildman–Crippen LogP) is 4.43. The first kappa shape index (κ1) is 20.1. The zero-order valence-corrected chi connectivity index (χ0v) is 17.4. The van der Waals surface area contributed by atoms with Crippen LogP contribution in [-0.4, -0.2) is 21.1 Å². The summed E-state index contributed by atoms with van der Waals surface area (Å²) in [7, 11) is -3.80. The first-order valence-electron chi connectivity index (χ1n) is 8.92. The molecular weight excluding hydrogens is 428 g/mol. The molecule has 1 amide bonds. The number of carbonyl (C=O) groups excluding carboxylic acids is 1. The van der Waals surface area contributed by atoms with Gasteiger partial charge in [-0.2, -0.15) is 0 Å². The van der Waals surface area contributed by atoms with Gasteiger partial charge >= 0.3 is 0 Å². The Kier molecular flexibility index (Phi) is 5.27. The molecule has 0 bridgehead atoms. The normalized spacial score (nSPS) is 12.5. The second-order valence-electron chi connectivity index (χ2n) is 6.64. The average molecular weight is 445 g/mol. The van der Waals surface area contributed by atoms with Gasteiger partial charge in [0.05, 0.1) is 15.6 Å². The second kappa shape index (κ2) is 7.89. The molecule has 0 fully saturated rings. The lowest BCUT2D eigenvalue weighted by Crippen LogP contribution is -2.15. The Morgan fingerprint density at radius 2 is 1.70 bits per heavy atom. The summed E-state index contributed by atoms with van der Waals surface area (Å²) in [5.74, 6) is 0.761. The number of sulfonamides is 1. The molecule has 3 aromatic rings. The van der Waals surface area contributed by atoms with E-state index in [1.54, 1.807) is 30.3 Å². The lowest BCUT2D eigenvalue weighted by molar-refractivity contribution is 0.102. The summed E-state index contributed by atoms with van der Waals surface area (Å²) in [6.07, 6.45) is 0. The third kappa shape index (κ3) is 4.19. The fourth-order valence-electron chi connectivity index (χ4n) is 2.84. The molecule has 0 aromatic heterocycles. The molecule has 1 aliphatic rings. The maximum Gasteiger partial charge on any atom is 0.261 e. The lowest BCUT2D eigenvalue weighted by atomic mass is 10.2. The number of fused-ring (bicyclic) bond motifs is 1. The highest BCUT2D eigenvalue weighted by atomic mass is 35.5. The van der Waals surface area contributed by atoms with E-state index < -0.39 is 15.9 Å². The largest absolute Gasteiger partial charge is 0.454 e. The Morgan fingerprint density at radius 1 is 0.967 bits per heavy atom. The minimum atomic E-state index is -3.80. The first-order valence-corrected chi connectivity index (χ1v) is 10.8. The third-order valence-corrected chi connectivity index (χ3v) is 6.13. The van der Waals surface area contributed by atoms with Crippen LogP contribution in [0.15, 0.2) is 65.6 Å². The van der Waals surface area contributed by atoms with Gasteiger partial charge in [0.25, 0.3) is 15.9 Å². The molecule has 0 spiro atoms. The van der Waals surface area contributed by atoms with E-state index in [1.807, 2.05) is 6.92 Å². The minimum Gasteiger partial charge on any atom is -0.454 e. The van der Waals surface area contributed by atoms with E-state index in [0.717, 1.165) is 5.56 Å². The summed E-state index contributed by atoms with van der Waals surface area (Å²) >= 11 is 6.23. The highest BCUT2D eigenvalue weighted by Gasteiger charge is 2.18. The van der Waals surface area contributed by atoms with Gasteiger partial charge in [-0.25, -0.2) is 8.42 Å². The molecule has 154 valence electrons. The number of ether oxygens (including phenoxy) is 2. The molecule has 0 saturated carbocycles. The van der Waals surface area contributed by atoms with Crippen molar-refractivity contribution in [2.75, 3.05) is 16.8 Å². The molecule has 0 unspecified atom stereocenters. The predicted molar refractivity (Wildman–Crippen MR) is 114 cm³/mol. The monoisotopic (exact) mass is 444 g/mol. The molecule has 1 aliphatic heterocycles. The number of anilines is 2. The van der Waals surface area contributed by atoms with Gasteiger partial charge in [-0.05, 0) is 49.4 Å². The van der Waals surface area contributed by atoms with Crippen molar-refractivity contribution >= 4 is 38.9 Å². The Morgan fingerprint density at radius 3 is 2.43 bits per heavy atom. The number of amides is 1. The fraction of sp³-hybridized carbons (Fsp3) is 0.0952. The van der Waals surface area contributed by atoms with Crippen LogP contribution < -0.4 is 19.5 Å². The van der Waals surface area contributed by atoms with Crippen molar-refractivity contribution in [3.8, 4) is 11.5 Å². The van der Waals surface area contributed by atoms with Crippen LogP contribution in [0.1, 0.15) is 15.9 Å². The summed E-state index contributed by atoms with van der Waals surface area (Å²) in [5.41, 5.74) is 1.93. The number of rotatable bonds is 5. The number of aryl methyl sites for hydroxylation is 1. The van der Waals surface area contributed by atoms with E-state index in [1.165, 1.54) is 30.3 Å². The summed E-state index contributed by atoms with van der Waals surface area (Å²) in [4.78, 5) is 12.7. The topological polar surface area (TPSA) is 93.7 Å². The van der Waals surface area contributed by atoms with Crippen molar-refractivity contribution in [1.29, 1.82) is 0 Å². The van der Waals surface area contributed by atoms with Gasteiger partial charge in [0, 0.05) is 17.3 Å². The van der Waals surface area contributed by atoms with E-state index in [4.69, 9.17) is 21.1 Å². The van der Waals surface area contributed by atoms with Gasteiger partial charge in [0.1, 0.15) is 0 Å². The number of carbonyl (C=O) groups is 1. The summed E-state index contributed by atoms with van der Waals surface area (Å²) in [5, 5.41) is 2.84. The summed E-state index contributed by atoms with van der Waals surface area (Å²) in [6, 6.07) is 15.8. The van der Waals surface area contributed by atoms with Crippen LogP contribution in [0.5, 0.6) is 11.5 Å². The second-order valence-corrected chi connectivity index (χ2v) is 8.72. The van der Waals surface area contributed by atoms with Crippen LogP contribution in [0, 0.1) is 6.92 Å². The SMILES string of the molecule is Cc1ccc(S(=O)(=O)Nc2ccc(C(=O)Nc3ccc4c(c3)OCO4)cc2Cl)cc1. The van der Waals surface area contributed by atoms with Crippen molar-refractivity contribution < 1.29 is 22.7 Å². The molecule has 4 rings (SSSR count). The molecule has 1 heterocycles. The quantitative estimate of drug-likeness (QED) is 0.607. The summed E-state index contributed by atoms with van der Waals surface area (Å²) < 4.78 is 38.1. The average Bonchev–Trinajstić information content (AvgIpc) is 3.17. The molecular formula is C21H17ClN2O5S. The van der Waals surface area contributed by atoms with Crippen LogP contribution >= 0.6 is 11.6 Å². The molecule has 30 heavy (non-hydrogen) atoms. The molecule has 0 aliphatic carbocycles. The first-order chi connectivity index (χ1) is 14.3.